The molecule has 0 unspecified atom stereocenters. The molecule has 4 rings (SSSR count). The second-order valence-electron chi connectivity index (χ2n) is 12.1. The average molecular weight is 582 g/mol. The lowest BCUT2D eigenvalue weighted by Gasteiger charge is -2.26. The van der Waals surface area contributed by atoms with E-state index in [1.165, 1.54) is 18.2 Å². The lowest BCUT2D eigenvalue weighted by Crippen LogP contribution is -2.34. The third kappa shape index (κ3) is 7.22. The lowest BCUT2D eigenvalue weighted by molar-refractivity contribution is -0.178. The molecule has 0 aromatic heterocycles. The zero-order valence-corrected chi connectivity index (χ0v) is 24.2. The monoisotopic (exact) mass is 581 g/mol. The van der Waals surface area contributed by atoms with Gasteiger partial charge in [0.1, 0.15) is 5.60 Å². The van der Waals surface area contributed by atoms with Gasteiger partial charge in [-0.05, 0) is 80.8 Å². The third-order valence-corrected chi connectivity index (χ3v) is 7.34. The van der Waals surface area contributed by atoms with Crippen molar-refractivity contribution < 1.29 is 37.0 Å². The fourth-order valence-electron chi connectivity index (χ4n) is 4.99. The molecule has 0 bridgehead atoms. The van der Waals surface area contributed by atoms with Crippen LogP contribution in [0.3, 0.4) is 0 Å². The molecule has 1 aliphatic heterocycles. The Bertz CT molecular complexity index is 1280. The minimum absolute atomic E-state index is 0.135. The number of ether oxygens (including phenoxy) is 3. The molecule has 1 aliphatic carbocycles. The topological polar surface area (TPSA) is 73.9 Å². The molecule has 3 atom stereocenters. The number of amides is 1. The van der Waals surface area contributed by atoms with Gasteiger partial charge >= 0.3 is 12.1 Å². The highest BCUT2D eigenvalue weighted by molar-refractivity contribution is 6.33. The minimum atomic E-state index is -4.65. The van der Waals surface area contributed by atoms with Crippen molar-refractivity contribution in [2.24, 2.45) is 11.8 Å². The van der Waals surface area contributed by atoms with Gasteiger partial charge in [0, 0.05) is 13.8 Å². The van der Waals surface area contributed by atoms with Gasteiger partial charge in [-0.3, -0.25) is 9.59 Å². The third-order valence-electron chi connectivity index (χ3n) is 7.01. The van der Waals surface area contributed by atoms with Gasteiger partial charge in [-0.2, -0.15) is 13.2 Å². The van der Waals surface area contributed by atoms with Gasteiger partial charge in [-0.15, -0.1) is 0 Å². The lowest BCUT2D eigenvalue weighted by atomic mass is 9.85. The van der Waals surface area contributed by atoms with Crippen molar-refractivity contribution in [3.63, 3.8) is 0 Å². The molecule has 2 aromatic carbocycles. The first-order valence-corrected chi connectivity index (χ1v) is 13.7. The van der Waals surface area contributed by atoms with E-state index in [4.69, 9.17) is 25.8 Å². The summed E-state index contributed by atoms with van der Waals surface area (Å²) in [5, 5.41) is 2.81. The number of fused-ring (bicyclic) bond motifs is 1. The van der Waals surface area contributed by atoms with Crippen LogP contribution in [0.1, 0.15) is 83.8 Å². The zero-order chi connectivity index (χ0) is 29.6. The highest BCUT2D eigenvalue weighted by Gasteiger charge is 2.46. The fraction of sp³-hybridized carbons (Fsp3) is 0.533. The van der Waals surface area contributed by atoms with Crippen molar-refractivity contribution in [1.82, 2.24) is 0 Å². The van der Waals surface area contributed by atoms with Crippen molar-refractivity contribution in [2.45, 2.75) is 90.2 Å². The Morgan fingerprint density at radius 2 is 1.68 bits per heavy atom. The quantitative estimate of drug-likeness (QED) is 0.320. The summed E-state index contributed by atoms with van der Waals surface area (Å²) in [6.07, 6.45) is -2.60. The molecule has 1 heterocycles. The molecule has 2 aliphatic rings. The number of hydrogen-bond donors (Lipinski definition) is 1. The molecule has 1 saturated carbocycles. The normalized spacial score (nSPS) is 18.6. The van der Waals surface area contributed by atoms with Crippen molar-refractivity contribution in [3.8, 4) is 11.5 Å². The predicted octanol–water partition coefficient (Wildman–Crippen LogP) is 7.99. The average Bonchev–Trinajstić information content (AvgIpc) is 3.59. The van der Waals surface area contributed by atoms with Crippen LogP contribution in [0.25, 0.3) is 0 Å². The van der Waals surface area contributed by atoms with Crippen molar-refractivity contribution >= 4 is 29.2 Å². The van der Waals surface area contributed by atoms with E-state index in [0.717, 1.165) is 25.3 Å². The van der Waals surface area contributed by atoms with Crippen LogP contribution in [0.15, 0.2) is 36.4 Å². The molecule has 1 amide bonds. The summed E-state index contributed by atoms with van der Waals surface area (Å²) in [6, 6.07) is 9.37. The van der Waals surface area contributed by atoms with E-state index in [-0.39, 0.29) is 46.2 Å². The summed E-state index contributed by atoms with van der Waals surface area (Å²) >= 11 is 6.40. The van der Waals surface area contributed by atoms with Crippen LogP contribution < -0.4 is 14.8 Å². The van der Waals surface area contributed by atoms with Crippen molar-refractivity contribution in [1.29, 1.82) is 0 Å². The Labute approximate surface area is 237 Å². The van der Waals surface area contributed by atoms with Crippen LogP contribution in [0, 0.1) is 11.8 Å². The molecular formula is C30H35ClF3NO5. The molecule has 2 aromatic rings. The zero-order valence-electron chi connectivity index (χ0n) is 23.4. The highest BCUT2D eigenvalue weighted by Crippen LogP contribution is 2.47. The van der Waals surface area contributed by atoms with Gasteiger partial charge in [0.25, 0.3) is 0 Å². The molecule has 40 heavy (non-hydrogen) atoms. The van der Waals surface area contributed by atoms with E-state index < -0.39 is 35.3 Å². The second kappa shape index (κ2) is 10.8. The maximum absolute atomic E-state index is 14.0. The number of benzene rings is 2. The Morgan fingerprint density at radius 1 is 1.05 bits per heavy atom. The van der Waals surface area contributed by atoms with Crippen molar-refractivity contribution in [2.75, 3.05) is 5.32 Å². The number of carbonyl (C=O) groups excluding carboxylic acids is 2. The highest BCUT2D eigenvalue weighted by atomic mass is 35.5. The number of nitrogens with one attached hydrogen (secondary N) is 1. The summed E-state index contributed by atoms with van der Waals surface area (Å²) in [5.41, 5.74) is 0.452. The van der Waals surface area contributed by atoms with E-state index in [2.05, 4.69) is 5.32 Å². The van der Waals surface area contributed by atoms with Gasteiger partial charge in [-0.1, -0.05) is 30.7 Å². The maximum Gasteiger partial charge on any atom is 0.392 e. The second-order valence-corrected chi connectivity index (χ2v) is 12.5. The standard InChI is InChI=1S/C30H35ClF3NO5/c1-16(30(32,33)34)26(19-10-12-23-24(14-19)39-29(5,6)38-23)27(37)35-22-13-18(9-11-21(22)31)20(17-7-8-17)15-25(36)40-28(2,3)4/h9-14,16-17,20,26H,7-8,15H2,1-6H3,(H,35,37)/t16-,20+,26-/m1/s1. The minimum Gasteiger partial charge on any atom is -0.460 e. The number of alkyl halides is 3. The fourth-order valence-corrected chi connectivity index (χ4v) is 5.15. The van der Waals surface area contributed by atoms with Crippen LogP contribution in [0.2, 0.25) is 5.02 Å². The van der Waals surface area contributed by atoms with Crippen LogP contribution in [0.5, 0.6) is 11.5 Å². The summed E-state index contributed by atoms with van der Waals surface area (Å²) in [4.78, 5) is 26.1. The maximum atomic E-state index is 14.0. The van der Waals surface area contributed by atoms with Crippen LogP contribution >= 0.6 is 11.6 Å². The predicted molar refractivity (Wildman–Crippen MR) is 146 cm³/mol. The number of rotatable bonds is 8. The van der Waals surface area contributed by atoms with Crippen molar-refractivity contribution in [3.05, 3.63) is 52.5 Å². The largest absolute Gasteiger partial charge is 0.460 e. The molecule has 1 N–H and O–H groups in total. The molecule has 6 nitrogen and oxygen atoms in total. The van der Waals surface area contributed by atoms with Crippen LogP contribution in [-0.4, -0.2) is 29.4 Å². The van der Waals surface area contributed by atoms with E-state index in [9.17, 15) is 22.8 Å². The van der Waals surface area contributed by atoms with Crippen LogP contribution in [0.4, 0.5) is 18.9 Å². The van der Waals surface area contributed by atoms with Gasteiger partial charge in [-0.25, -0.2) is 0 Å². The Kier molecular flexibility index (Phi) is 8.11. The number of carbonyl (C=O) groups is 2. The molecule has 0 spiro atoms. The first-order chi connectivity index (χ1) is 18.4. The molecule has 10 heteroatoms. The number of esters is 1. The summed E-state index contributed by atoms with van der Waals surface area (Å²) in [7, 11) is 0. The molecule has 218 valence electrons. The van der Waals surface area contributed by atoms with E-state index in [1.54, 1.807) is 52.8 Å². The van der Waals surface area contributed by atoms with E-state index in [1.807, 2.05) is 0 Å². The van der Waals surface area contributed by atoms with Crippen LogP contribution in [-0.2, 0) is 14.3 Å². The molecular weight excluding hydrogens is 547 g/mol. The first kappa shape index (κ1) is 30.0. The summed E-state index contributed by atoms with van der Waals surface area (Å²) < 4.78 is 58.7. The first-order valence-electron chi connectivity index (χ1n) is 13.3. The Morgan fingerprint density at radius 3 is 2.27 bits per heavy atom. The van der Waals surface area contributed by atoms with E-state index in [0.29, 0.717) is 5.75 Å². The summed E-state index contributed by atoms with van der Waals surface area (Å²) in [6.45, 7) is 9.73. The molecule has 1 fully saturated rings. The Hall–Kier alpha value is -2.94. The van der Waals surface area contributed by atoms with E-state index >= 15 is 0 Å². The summed E-state index contributed by atoms with van der Waals surface area (Å²) in [5.74, 6) is -5.00. The Balaban J connectivity index is 1.62. The number of halogens is 4. The van der Waals surface area contributed by atoms with Gasteiger partial charge in [0.05, 0.1) is 29.0 Å². The SMILES string of the molecule is C[C@H]([C@@H](C(=O)Nc1cc([C@@H](CC(=O)OC(C)(C)C)C2CC2)ccc1Cl)c1ccc2c(c1)OC(C)(C)O2)C(F)(F)F. The van der Waals surface area contributed by atoms with Gasteiger partial charge in [0.2, 0.25) is 11.7 Å². The molecule has 0 radical (unpaired) electrons. The number of hydrogen-bond acceptors (Lipinski definition) is 5. The number of anilines is 1. The molecule has 0 saturated heterocycles. The van der Waals surface area contributed by atoms with Gasteiger partial charge in [0.15, 0.2) is 11.5 Å². The smallest absolute Gasteiger partial charge is 0.392 e. The van der Waals surface area contributed by atoms with Gasteiger partial charge < -0.3 is 19.5 Å².